The summed E-state index contributed by atoms with van der Waals surface area (Å²) in [5.41, 5.74) is 6.05. The van der Waals surface area contributed by atoms with Crippen molar-refractivity contribution in [1.29, 1.82) is 0 Å². The molecule has 2 heterocycles. The summed E-state index contributed by atoms with van der Waals surface area (Å²) in [4.78, 5) is 4.13. The minimum atomic E-state index is -0.765. The fourth-order valence-electron chi connectivity index (χ4n) is 4.37. The predicted molar refractivity (Wildman–Crippen MR) is 121 cm³/mol. The number of rotatable bonds is 9. The van der Waals surface area contributed by atoms with Crippen molar-refractivity contribution in [3.63, 3.8) is 0 Å². The van der Waals surface area contributed by atoms with E-state index in [1.54, 1.807) is 12.5 Å². The summed E-state index contributed by atoms with van der Waals surface area (Å²) < 4.78 is 33.9. The summed E-state index contributed by atoms with van der Waals surface area (Å²) in [7, 11) is 0. The van der Waals surface area contributed by atoms with E-state index < -0.39 is 5.79 Å². The number of benzene rings is 2. The molecule has 2 aromatic carbocycles. The van der Waals surface area contributed by atoms with Gasteiger partial charge in [-0.25, -0.2) is 9.37 Å². The number of ether oxygens (including phenoxy) is 3. The van der Waals surface area contributed by atoms with Gasteiger partial charge >= 0.3 is 0 Å². The van der Waals surface area contributed by atoms with Crippen molar-refractivity contribution >= 4 is 0 Å². The highest BCUT2D eigenvalue weighted by Crippen LogP contribution is 2.31. The number of halogens is 1. The second-order valence-corrected chi connectivity index (χ2v) is 8.72. The highest BCUT2D eigenvalue weighted by atomic mass is 19.1. The average Bonchev–Trinajstić information content (AvgIpc) is 3.40. The zero-order valence-electron chi connectivity index (χ0n) is 19.0. The van der Waals surface area contributed by atoms with Gasteiger partial charge in [-0.3, -0.25) is 0 Å². The molecule has 170 valence electrons. The van der Waals surface area contributed by atoms with E-state index in [-0.39, 0.29) is 11.9 Å². The molecule has 5 nitrogen and oxygen atoms in total. The van der Waals surface area contributed by atoms with E-state index in [1.165, 1.54) is 34.4 Å². The Morgan fingerprint density at radius 2 is 1.91 bits per heavy atom. The van der Waals surface area contributed by atoms with Crippen LogP contribution in [0.2, 0.25) is 0 Å². The van der Waals surface area contributed by atoms with E-state index in [1.807, 2.05) is 22.9 Å². The molecule has 2 atom stereocenters. The van der Waals surface area contributed by atoms with E-state index >= 15 is 0 Å². The van der Waals surface area contributed by atoms with Crippen molar-refractivity contribution in [2.45, 2.75) is 58.7 Å². The van der Waals surface area contributed by atoms with Crippen LogP contribution < -0.4 is 0 Å². The molecule has 32 heavy (non-hydrogen) atoms. The lowest BCUT2D eigenvalue weighted by atomic mass is 10.0. The molecule has 1 fully saturated rings. The van der Waals surface area contributed by atoms with E-state index in [2.05, 4.69) is 37.9 Å². The molecule has 1 aromatic heterocycles. The van der Waals surface area contributed by atoms with Gasteiger partial charge in [0, 0.05) is 18.8 Å². The van der Waals surface area contributed by atoms with Gasteiger partial charge in [-0.15, -0.1) is 0 Å². The van der Waals surface area contributed by atoms with Crippen molar-refractivity contribution < 1.29 is 18.6 Å². The molecule has 0 spiro atoms. The van der Waals surface area contributed by atoms with Gasteiger partial charge in [0.1, 0.15) is 11.9 Å². The van der Waals surface area contributed by atoms with Crippen LogP contribution in [0, 0.1) is 26.6 Å². The summed E-state index contributed by atoms with van der Waals surface area (Å²) >= 11 is 0. The molecule has 1 aliphatic heterocycles. The quantitative estimate of drug-likeness (QED) is 0.476. The van der Waals surface area contributed by atoms with E-state index in [0.29, 0.717) is 32.8 Å². The predicted octanol–water partition coefficient (Wildman–Crippen LogP) is 4.91. The number of hydrogen-bond donors (Lipinski definition) is 0. The lowest BCUT2D eigenvalue weighted by molar-refractivity contribution is -0.187. The summed E-state index contributed by atoms with van der Waals surface area (Å²) in [6.45, 7) is 8.40. The molecule has 6 heteroatoms. The third-order valence-electron chi connectivity index (χ3n) is 5.99. The SMILES string of the molecule is Cc1cc(C)c(COCC2COC(CCc3ccc(F)cc3)(Cn3ccnc3)O2)c(C)c1. The third kappa shape index (κ3) is 5.63. The largest absolute Gasteiger partial charge is 0.374 e. The zero-order chi connectivity index (χ0) is 22.6. The van der Waals surface area contributed by atoms with Gasteiger partial charge in [0.2, 0.25) is 0 Å². The van der Waals surface area contributed by atoms with Crippen LogP contribution in [-0.2, 0) is 33.8 Å². The molecular weight excluding hydrogens is 407 g/mol. The highest BCUT2D eigenvalue weighted by molar-refractivity contribution is 5.36. The van der Waals surface area contributed by atoms with Crippen molar-refractivity contribution in [2.75, 3.05) is 13.2 Å². The van der Waals surface area contributed by atoms with Crippen LogP contribution in [0.3, 0.4) is 0 Å². The number of imidazole rings is 1. The first-order valence-electron chi connectivity index (χ1n) is 11.1. The highest BCUT2D eigenvalue weighted by Gasteiger charge is 2.41. The van der Waals surface area contributed by atoms with Gasteiger partial charge < -0.3 is 18.8 Å². The molecule has 0 N–H and O–H groups in total. The molecule has 0 amide bonds. The minimum Gasteiger partial charge on any atom is -0.374 e. The molecule has 1 saturated heterocycles. The number of aryl methyl sites for hydroxylation is 4. The normalized spacial score (nSPS) is 20.7. The number of hydrogen-bond acceptors (Lipinski definition) is 4. The van der Waals surface area contributed by atoms with Crippen LogP contribution in [0.15, 0.2) is 55.1 Å². The number of nitrogens with zero attached hydrogens (tertiary/aromatic N) is 2. The molecular formula is C26H31FN2O3. The summed E-state index contributed by atoms with van der Waals surface area (Å²) in [5.74, 6) is -0.995. The van der Waals surface area contributed by atoms with Crippen molar-refractivity contribution in [3.05, 3.63) is 88.8 Å². The van der Waals surface area contributed by atoms with Gasteiger partial charge in [-0.05, 0) is 61.6 Å². The van der Waals surface area contributed by atoms with Gasteiger partial charge in [0.05, 0.1) is 32.7 Å². The second kappa shape index (κ2) is 9.94. The standard InChI is InChI=1S/C26H31FN2O3/c1-19-12-20(2)25(21(3)13-19)16-30-14-24-15-31-26(32-24,17-29-11-10-28-18-29)9-8-22-4-6-23(27)7-5-22/h4-7,10-13,18,24H,8-9,14-17H2,1-3H3. The zero-order valence-corrected chi connectivity index (χ0v) is 19.0. The topological polar surface area (TPSA) is 45.5 Å². The minimum absolute atomic E-state index is 0.141. The van der Waals surface area contributed by atoms with E-state index in [0.717, 1.165) is 12.0 Å². The Kier molecular flexibility index (Phi) is 7.04. The van der Waals surface area contributed by atoms with Crippen LogP contribution in [0.5, 0.6) is 0 Å². The average molecular weight is 439 g/mol. The summed E-state index contributed by atoms with van der Waals surface area (Å²) in [6.07, 6.45) is 6.65. The maximum atomic E-state index is 13.2. The monoisotopic (exact) mass is 438 g/mol. The summed E-state index contributed by atoms with van der Waals surface area (Å²) in [5, 5.41) is 0. The van der Waals surface area contributed by atoms with Gasteiger partial charge in [-0.2, -0.15) is 0 Å². The van der Waals surface area contributed by atoms with E-state index in [4.69, 9.17) is 14.2 Å². The van der Waals surface area contributed by atoms with Crippen molar-refractivity contribution in [2.24, 2.45) is 0 Å². The molecule has 0 bridgehead atoms. The van der Waals surface area contributed by atoms with Crippen LogP contribution in [0.4, 0.5) is 4.39 Å². The maximum Gasteiger partial charge on any atom is 0.187 e. The Morgan fingerprint density at radius 1 is 1.16 bits per heavy atom. The van der Waals surface area contributed by atoms with Gasteiger partial charge in [0.15, 0.2) is 5.79 Å². The first kappa shape index (κ1) is 22.6. The first-order chi connectivity index (χ1) is 15.4. The molecule has 3 aromatic rings. The Hall–Kier alpha value is -2.54. The Morgan fingerprint density at radius 3 is 2.59 bits per heavy atom. The van der Waals surface area contributed by atoms with Gasteiger partial charge in [0.25, 0.3) is 0 Å². The molecule has 4 rings (SSSR count). The van der Waals surface area contributed by atoms with Crippen molar-refractivity contribution in [1.82, 2.24) is 9.55 Å². The summed E-state index contributed by atoms with van der Waals surface area (Å²) in [6, 6.07) is 11.0. The lowest BCUT2D eigenvalue weighted by Crippen LogP contribution is -2.37. The van der Waals surface area contributed by atoms with Crippen LogP contribution in [-0.4, -0.2) is 34.7 Å². The molecule has 0 radical (unpaired) electrons. The molecule has 0 saturated carbocycles. The Bertz CT molecular complexity index is 997. The molecule has 2 unspecified atom stereocenters. The van der Waals surface area contributed by atoms with Gasteiger partial charge in [-0.1, -0.05) is 29.8 Å². The Labute approximate surface area is 189 Å². The first-order valence-corrected chi connectivity index (χ1v) is 11.1. The van der Waals surface area contributed by atoms with Crippen LogP contribution in [0.1, 0.15) is 34.2 Å². The van der Waals surface area contributed by atoms with Crippen LogP contribution >= 0.6 is 0 Å². The number of aromatic nitrogens is 2. The lowest BCUT2D eigenvalue weighted by Gasteiger charge is -2.28. The molecule has 0 aliphatic carbocycles. The fourth-order valence-corrected chi connectivity index (χ4v) is 4.37. The van der Waals surface area contributed by atoms with E-state index in [9.17, 15) is 4.39 Å². The third-order valence-corrected chi connectivity index (χ3v) is 5.99. The smallest absolute Gasteiger partial charge is 0.187 e. The fraction of sp³-hybridized carbons (Fsp3) is 0.423. The second-order valence-electron chi connectivity index (χ2n) is 8.72. The van der Waals surface area contributed by atoms with Crippen LogP contribution in [0.25, 0.3) is 0 Å². The Balaban J connectivity index is 1.37. The van der Waals surface area contributed by atoms with Crippen molar-refractivity contribution in [3.8, 4) is 0 Å². The maximum absolute atomic E-state index is 13.2. The molecule has 1 aliphatic rings.